The molecule has 0 radical (unpaired) electrons. The van der Waals surface area contributed by atoms with Gasteiger partial charge in [-0.1, -0.05) is 6.92 Å². The molecule has 4 heteroatoms. The Labute approximate surface area is 96.8 Å². The van der Waals surface area contributed by atoms with E-state index >= 15 is 0 Å². The lowest BCUT2D eigenvalue weighted by Crippen LogP contribution is -2.47. The summed E-state index contributed by atoms with van der Waals surface area (Å²) in [4.78, 5) is 11.7. The summed E-state index contributed by atoms with van der Waals surface area (Å²) in [6.45, 7) is 7.25. The van der Waals surface area contributed by atoms with Crippen molar-refractivity contribution in [2.75, 3.05) is 18.1 Å². The van der Waals surface area contributed by atoms with Gasteiger partial charge < -0.3 is 10.6 Å². The van der Waals surface area contributed by atoms with Crippen molar-refractivity contribution in [2.45, 2.75) is 45.2 Å². The van der Waals surface area contributed by atoms with Crippen molar-refractivity contribution in [1.82, 2.24) is 10.6 Å². The van der Waals surface area contributed by atoms with Crippen LogP contribution in [-0.4, -0.2) is 35.5 Å². The maximum atomic E-state index is 11.7. The second-order valence-electron chi connectivity index (χ2n) is 4.72. The van der Waals surface area contributed by atoms with Crippen molar-refractivity contribution in [3.8, 4) is 0 Å². The Kier molecular flexibility index (Phi) is 4.93. The fraction of sp³-hybridized carbons (Fsp3) is 0.909. The quantitative estimate of drug-likeness (QED) is 0.767. The maximum absolute atomic E-state index is 11.7. The SMILES string of the molecule is CCC(C)(C)NC(=O)CC1CSCCN1. The van der Waals surface area contributed by atoms with Crippen LogP contribution in [0.4, 0.5) is 0 Å². The van der Waals surface area contributed by atoms with Crippen LogP contribution in [0.25, 0.3) is 0 Å². The highest BCUT2D eigenvalue weighted by molar-refractivity contribution is 7.99. The molecule has 15 heavy (non-hydrogen) atoms. The topological polar surface area (TPSA) is 41.1 Å². The summed E-state index contributed by atoms with van der Waals surface area (Å²) in [5.41, 5.74) is -0.0705. The molecule has 1 saturated heterocycles. The minimum absolute atomic E-state index is 0.0705. The van der Waals surface area contributed by atoms with E-state index in [1.807, 2.05) is 11.8 Å². The van der Waals surface area contributed by atoms with E-state index in [-0.39, 0.29) is 11.4 Å². The smallest absolute Gasteiger partial charge is 0.222 e. The van der Waals surface area contributed by atoms with Gasteiger partial charge in [0, 0.05) is 36.1 Å². The van der Waals surface area contributed by atoms with Gasteiger partial charge in [-0.25, -0.2) is 0 Å². The molecule has 1 heterocycles. The molecule has 1 aliphatic heterocycles. The molecule has 0 bridgehead atoms. The van der Waals surface area contributed by atoms with E-state index in [4.69, 9.17) is 0 Å². The van der Waals surface area contributed by atoms with Crippen molar-refractivity contribution in [3.63, 3.8) is 0 Å². The number of carbonyl (C=O) groups excluding carboxylic acids is 1. The molecule has 2 N–H and O–H groups in total. The van der Waals surface area contributed by atoms with Crippen LogP contribution in [0.15, 0.2) is 0 Å². The maximum Gasteiger partial charge on any atom is 0.222 e. The first-order chi connectivity index (χ1) is 7.03. The second-order valence-corrected chi connectivity index (χ2v) is 5.87. The van der Waals surface area contributed by atoms with E-state index in [0.717, 1.165) is 18.7 Å². The van der Waals surface area contributed by atoms with Crippen LogP contribution in [-0.2, 0) is 4.79 Å². The van der Waals surface area contributed by atoms with Crippen LogP contribution in [0.2, 0.25) is 0 Å². The van der Waals surface area contributed by atoms with Gasteiger partial charge in [0.2, 0.25) is 5.91 Å². The van der Waals surface area contributed by atoms with Gasteiger partial charge in [-0.05, 0) is 20.3 Å². The average Bonchev–Trinajstić information content (AvgIpc) is 2.18. The van der Waals surface area contributed by atoms with Gasteiger partial charge in [0.25, 0.3) is 0 Å². The standard InChI is InChI=1S/C11H22N2OS/c1-4-11(2,3)13-10(14)7-9-8-15-6-5-12-9/h9,12H,4-8H2,1-3H3,(H,13,14). The van der Waals surface area contributed by atoms with Crippen molar-refractivity contribution in [1.29, 1.82) is 0 Å². The number of thioether (sulfide) groups is 1. The van der Waals surface area contributed by atoms with Gasteiger partial charge in [0.15, 0.2) is 0 Å². The van der Waals surface area contributed by atoms with Crippen LogP contribution in [0, 0.1) is 0 Å². The van der Waals surface area contributed by atoms with E-state index in [9.17, 15) is 4.79 Å². The Hall–Kier alpha value is -0.220. The summed E-state index contributed by atoms with van der Waals surface area (Å²) >= 11 is 1.93. The van der Waals surface area contributed by atoms with E-state index < -0.39 is 0 Å². The van der Waals surface area contributed by atoms with Crippen molar-refractivity contribution in [3.05, 3.63) is 0 Å². The minimum atomic E-state index is -0.0705. The lowest BCUT2D eigenvalue weighted by molar-refractivity contribution is -0.123. The lowest BCUT2D eigenvalue weighted by atomic mass is 10.0. The number of amides is 1. The number of rotatable bonds is 4. The third kappa shape index (κ3) is 4.89. The molecular formula is C11H22N2OS. The predicted molar refractivity (Wildman–Crippen MR) is 66.2 cm³/mol. The van der Waals surface area contributed by atoms with Gasteiger partial charge in [0.05, 0.1) is 0 Å². The molecule has 0 aliphatic carbocycles. The Morgan fingerprint density at radius 2 is 2.33 bits per heavy atom. The molecule has 3 nitrogen and oxygen atoms in total. The molecule has 88 valence electrons. The molecule has 1 amide bonds. The summed E-state index contributed by atoms with van der Waals surface area (Å²) in [7, 11) is 0. The molecule has 1 fully saturated rings. The third-order valence-electron chi connectivity index (χ3n) is 2.79. The second kappa shape index (κ2) is 5.75. The van der Waals surface area contributed by atoms with Crippen molar-refractivity contribution in [2.24, 2.45) is 0 Å². The van der Waals surface area contributed by atoms with Gasteiger partial charge in [0.1, 0.15) is 0 Å². The monoisotopic (exact) mass is 230 g/mol. The highest BCUT2D eigenvalue weighted by Crippen LogP contribution is 2.12. The third-order valence-corrected chi connectivity index (χ3v) is 3.92. The first-order valence-corrected chi connectivity index (χ1v) is 6.81. The molecule has 1 atom stereocenters. The van der Waals surface area contributed by atoms with Crippen LogP contribution in [0.5, 0.6) is 0 Å². The fourth-order valence-electron chi connectivity index (χ4n) is 1.49. The summed E-state index contributed by atoms with van der Waals surface area (Å²) in [5.74, 6) is 2.39. The predicted octanol–water partition coefficient (Wildman–Crippen LogP) is 1.39. The molecule has 1 rings (SSSR count). The van der Waals surface area contributed by atoms with Crippen molar-refractivity contribution >= 4 is 17.7 Å². The molecule has 0 aromatic heterocycles. The Balaban J connectivity index is 2.28. The fourth-order valence-corrected chi connectivity index (χ4v) is 2.44. The zero-order valence-corrected chi connectivity index (χ0v) is 10.7. The van der Waals surface area contributed by atoms with Gasteiger partial charge >= 0.3 is 0 Å². The highest BCUT2D eigenvalue weighted by atomic mass is 32.2. The highest BCUT2D eigenvalue weighted by Gasteiger charge is 2.21. The van der Waals surface area contributed by atoms with Gasteiger partial charge in [-0.2, -0.15) is 11.8 Å². The largest absolute Gasteiger partial charge is 0.351 e. The summed E-state index contributed by atoms with van der Waals surface area (Å²) in [6.07, 6.45) is 1.57. The van der Waals surface area contributed by atoms with Crippen LogP contribution in [0.3, 0.4) is 0 Å². The molecule has 0 aromatic rings. The van der Waals surface area contributed by atoms with Crippen LogP contribution < -0.4 is 10.6 Å². The number of carbonyl (C=O) groups is 1. The van der Waals surface area contributed by atoms with Gasteiger partial charge in [-0.15, -0.1) is 0 Å². The normalized spacial score (nSPS) is 22.5. The Bertz CT molecular complexity index is 213. The molecule has 1 aliphatic rings. The van der Waals surface area contributed by atoms with Crippen LogP contribution in [0.1, 0.15) is 33.6 Å². The first-order valence-electron chi connectivity index (χ1n) is 5.65. The number of hydrogen-bond donors (Lipinski definition) is 2. The first kappa shape index (κ1) is 12.8. The Morgan fingerprint density at radius 1 is 1.60 bits per heavy atom. The molecule has 0 saturated carbocycles. The summed E-state index contributed by atoms with van der Waals surface area (Å²) in [5, 5.41) is 6.44. The zero-order chi connectivity index (χ0) is 11.3. The van der Waals surface area contributed by atoms with E-state index in [0.29, 0.717) is 12.5 Å². The molecular weight excluding hydrogens is 208 g/mol. The average molecular weight is 230 g/mol. The van der Waals surface area contributed by atoms with E-state index in [1.54, 1.807) is 0 Å². The zero-order valence-electron chi connectivity index (χ0n) is 9.93. The number of hydrogen-bond acceptors (Lipinski definition) is 3. The molecule has 0 spiro atoms. The molecule has 1 unspecified atom stereocenters. The Morgan fingerprint density at radius 3 is 2.87 bits per heavy atom. The van der Waals surface area contributed by atoms with Gasteiger partial charge in [-0.3, -0.25) is 4.79 Å². The van der Waals surface area contributed by atoms with E-state index in [2.05, 4.69) is 31.4 Å². The van der Waals surface area contributed by atoms with E-state index in [1.165, 1.54) is 5.75 Å². The number of nitrogens with one attached hydrogen (secondary N) is 2. The van der Waals surface area contributed by atoms with Crippen molar-refractivity contribution < 1.29 is 4.79 Å². The molecule has 0 aromatic carbocycles. The minimum Gasteiger partial charge on any atom is -0.351 e. The van der Waals surface area contributed by atoms with Crippen LogP contribution >= 0.6 is 11.8 Å². The lowest BCUT2D eigenvalue weighted by Gasteiger charge is -2.27. The summed E-state index contributed by atoms with van der Waals surface area (Å²) < 4.78 is 0. The summed E-state index contributed by atoms with van der Waals surface area (Å²) in [6, 6.07) is 0.358.